The predicted molar refractivity (Wildman–Crippen MR) is 114 cm³/mol. The molecule has 1 aromatic heterocycles. The highest BCUT2D eigenvalue weighted by Crippen LogP contribution is 2.38. The van der Waals surface area contributed by atoms with Gasteiger partial charge in [0.05, 0.1) is 37.2 Å². The average molecular weight is 424 g/mol. The summed E-state index contributed by atoms with van der Waals surface area (Å²) < 4.78 is 13.3. The van der Waals surface area contributed by atoms with Crippen LogP contribution >= 0.6 is 11.6 Å². The van der Waals surface area contributed by atoms with Crippen molar-refractivity contribution in [1.82, 2.24) is 14.5 Å². The summed E-state index contributed by atoms with van der Waals surface area (Å²) in [5.74, 6) is 2.13. The molecule has 0 aliphatic carbocycles. The third-order valence-corrected chi connectivity index (χ3v) is 6.10. The van der Waals surface area contributed by atoms with Crippen LogP contribution in [0.3, 0.4) is 0 Å². The molecule has 6 nitrogen and oxygen atoms in total. The molecular weight excluding hydrogens is 402 g/mol. The zero-order valence-corrected chi connectivity index (χ0v) is 17.4. The Hall–Kier alpha value is -2.67. The number of hydrogen-bond donors (Lipinski definition) is 0. The van der Waals surface area contributed by atoms with E-state index in [1.54, 1.807) is 18.2 Å². The summed E-state index contributed by atoms with van der Waals surface area (Å²) >= 11 is 6.03. The van der Waals surface area contributed by atoms with E-state index in [1.807, 2.05) is 37.5 Å². The number of rotatable bonds is 6. The average Bonchev–Trinajstić information content (AvgIpc) is 3.04. The van der Waals surface area contributed by atoms with Crippen LogP contribution in [0.5, 0.6) is 11.5 Å². The van der Waals surface area contributed by atoms with Crippen LogP contribution in [0.2, 0.25) is 5.02 Å². The van der Waals surface area contributed by atoms with Gasteiger partial charge in [-0.1, -0.05) is 11.6 Å². The second-order valence-corrected chi connectivity index (χ2v) is 8.62. The minimum atomic E-state index is 0.413. The standard InChI is InChI=1S/C23H22ClN3O3/c1-26-20(9-25-22(26)10-27-12-23(13-27)14-29-15-23)16-3-6-19(7-4-16)30-21-8-18(24)5-2-17(21)11-28/h2-9,11H,10,12-15H2,1H3. The van der Waals surface area contributed by atoms with Gasteiger partial charge in [0.2, 0.25) is 0 Å². The fourth-order valence-electron chi connectivity index (χ4n) is 4.17. The fraction of sp³-hybridized carbons (Fsp3) is 0.304. The largest absolute Gasteiger partial charge is 0.457 e. The normalized spacial score (nSPS) is 17.4. The van der Waals surface area contributed by atoms with Crippen molar-refractivity contribution < 1.29 is 14.3 Å². The van der Waals surface area contributed by atoms with Gasteiger partial charge in [-0.15, -0.1) is 0 Å². The van der Waals surface area contributed by atoms with E-state index >= 15 is 0 Å². The molecule has 3 aromatic rings. The Labute approximate surface area is 180 Å². The third kappa shape index (κ3) is 3.51. The molecule has 0 saturated carbocycles. The minimum absolute atomic E-state index is 0.413. The molecule has 1 spiro atoms. The van der Waals surface area contributed by atoms with E-state index in [2.05, 4.69) is 14.5 Å². The number of aldehydes is 1. The monoisotopic (exact) mass is 423 g/mol. The molecule has 154 valence electrons. The zero-order valence-electron chi connectivity index (χ0n) is 16.7. The van der Waals surface area contributed by atoms with Gasteiger partial charge in [0.1, 0.15) is 17.3 Å². The number of benzene rings is 2. The molecule has 3 heterocycles. The van der Waals surface area contributed by atoms with Crippen LogP contribution in [0, 0.1) is 5.41 Å². The predicted octanol–water partition coefficient (Wildman–Crippen LogP) is 4.18. The Balaban J connectivity index is 1.28. The highest BCUT2D eigenvalue weighted by molar-refractivity contribution is 6.30. The molecule has 30 heavy (non-hydrogen) atoms. The van der Waals surface area contributed by atoms with E-state index in [9.17, 15) is 4.79 Å². The molecule has 2 aromatic carbocycles. The molecule has 0 unspecified atom stereocenters. The number of carbonyl (C=O) groups is 1. The molecule has 0 amide bonds. The van der Waals surface area contributed by atoms with Gasteiger partial charge < -0.3 is 14.0 Å². The molecule has 0 radical (unpaired) electrons. The van der Waals surface area contributed by atoms with Crippen LogP contribution in [0.15, 0.2) is 48.7 Å². The Morgan fingerprint density at radius 3 is 2.63 bits per heavy atom. The van der Waals surface area contributed by atoms with Gasteiger partial charge in [-0.05, 0) is 36.4 Å². The van der Waals surface area contributed by atoms with Crippen LogP contribution in [0.25, 0.3) is 11.3 Å². The molecule has 0 N–H and O–H groups in total. The Morgan fingerprint density at radius 1 is 1.20 bits per heavy atom. The van der Waals surface area contributed by atoms with Crippen molar-refractivity contribution in [2.24, 2.45) is 12.5 Å². The summed E-state index contributed by atoms with van der Waals surface area (Å²) in [7, 11) is 2.05. The Morgan fingerprint density at radius 2 is 1.97 bits per heavy atom. The van der Waals surface area contributed by atoms with Crippen molar-refractivity contribution in [2.45, 2.75) is 6.54 Å². The van der Waals surface area contributed by atoms with Gasteiger partial charge in [0.15, 0.2) is 6.29 Å². The van der Waals surface area contributed by atoms with E-state index < -0.39 is 0 Å². The number of hydrogen-bond acceptors (Lipinski definition) is 5. The zero-order chi connectivity index (χ0) is 20.7. The maximum absolute atomic E-state index is 11.2. The SMILES string of the molecule is Cn1c(-c2ccc(Oc3cc(Cl)ccc3C=O)cc2)cnc1CN1CC2(COC2)C1. The smallest absolute Gasteiger partial charge is 0.153 e. The second-order valence-electron chi connectivity index (χ2n) is 8.18. The number of ether oxygens (including phenoxy) is 2. The molecule has 0 bridgehead atoms. The first kappa shape index (κ1) is 19.3. The second kappa shape index (κ2) is 7.54. The maximum atomic E-state index is 11.2. The van der Waals surface area contributed by atoms with Gasteiger partial charge in [0, 0.05) is 42.2 Å². The minimum Gasteiger partial charge on any atom is -0.457 e. The van der Waals surface area contributed by atoms with Gasteiger partial charge >= 0.3 is 0 Å². The van der Waals surface area contributed by atoms with Crippen LogP contribution in [-0.4, -0.2) is 47.0 Å². The van der Waals surface area contributed by atoms with E-state index in [4.69, 9.17) is 21.1 Å². The first-order valence-corrected chi connectivity index (χ1v) is 10.3. The third-order valence-electron chi connectivity index (χ3n) is 5.86. The highest BCUT2D eigenvalue weighted by Gasteiger charge is 2.48. The summed E-state index contributed by atoms with van der Waals surface area (Å²) in [6, 6.07) is 12.7. The lowest BCUT2D eigenvalue weighted by atomic mass is 9.78. The van der Waals surface area contributed by atoms with Crippen molar-refractivity contribution in [3.05, 3.63) is 65.1 Å². The molecule has 7 heteroatoms. The van der Waals surface area contributed by atoms with Crippen LogP contribution in [-0.2, 0) is 18.3 Å². The summed E-state index contributed by atoms with van der Waals surface area (Å²) in [6.07, 6.45) is 2.67. The van der Waals surface area contributed by atoms with Crippen molar-refractivity contribution in [3.8, 4) is 22.8 Å². The van der Waals surface area contributed by atoms with Crippen molar-refractivity contribution in [2.75, 3.05) is 26.3 Å². The van der Waals surface area contributed by atoms with E-state index in [-0.39, 0.29) is 0 Å². The lowest BCUT2D eigenvalue weighted by molar-refractivity contribution is -0.191. The fourth-order valence-corrected chi connectivity index (χ4v) is 4.33. The summed E-state index contributed by atoms with van der Waals surface area (Å²) in [4.78, 5) is 18.3. The van der Waals surface area contributed by atoms with Gasteiger partial charge in [-0.25, -0.2) is 4.98 Å². The molecular formula is C23H22ClN3O3. The Kier molecular flexibility index (Phi) is 4.85. The summed E-state index contributed by atoms with van der Waals surface area (Å²) in [6.45, 7) is 4.82. The van der Waals surface area contributed by atoms with E-state index in [0.717, 1.165) is 56.2 Å². The molecule has 2 aliphatic rings. The molecule has 0 atom stereocenters. The number of aromatic nitrogens is 2. The number of imidazole rings is 1. The molecule has 2 saturated heterocycles. The number of nitrogens with zero attached hydrogens (tertiary/aromatic N) is 3. The van der Waals surface area contributed by atoms with Crippen molar-refractivity contribution in [1.29, 1.82) is 0 Å². The molecule has 2 fully saturated rings. The topological polar surface area (TPSA) is 56.6 Å². The van der Waals surface area contributed by atoms with E-state index in [0.29, 0.717) is 27.5 Å². The van der Waals surface area contributed by atoms with Crippen LogP contribution < -0.4 is 4.74 Å². The van der Waals surface area contributed by atoms with Crippen molar-refractivity contribution in [3.63, 3.8) is 0 Å². The Bertz CT molecular complexity index is 1080. The molecule has 2 aliphatic heterocycles. The summed E-state index contributed by atoms with van der Waals surface area (Å²) in [5, 5.41) is 0.521. The quantitative estimate of drug-likeness (QED) is 0.557. The highest BCUT2D eigenvalue weighted by atomic mass is 35.5. The van der Waals surface area contributed by atoms with Gasteiger partial charge in [-0.3, -0.25) is 9.69 Å². The lowest BCUT2D eigenvalue weighted by Gasteiger charge is -2.55. The molecule has 5 rings (SSSR count). The van der Waals surface area contributed by atoms with E-state index in [1.165, 1.54) is 0 Å². The van der Waals surface area contributed by atoms with Crippen LogP contribution in [0.4, 0.5) is 0 Å². The number of carbonyl (C=O) groups excluding carboxylic acids is 1. The van der Waals surface area contributed by atoms with Gasteiger partial charge in [-0.2, -0.15) is 0 Å². The lowest BCUT2D eigenvalue weighted by Crippen LogP contribution is -2.65. The first-order valence-electron chi connectivity index (χ1n) is 9.89. The number of likely N-dealkylation sites (tertiary alicyclic amines) is 1. The summed E-state index contributed by atoms with van der Waals surface area (Å²) in [5.41, 5.74) is 2.98. The maximum Gasteiger partial charge on any atom is 0.153 e. The van der Waals surface area contributed by atoms with Gasteiger partial charge in [0.25, 0.3) is 0 Å². The van der Waals surface area contributed by atoms with Crippen LogP contribution in [0.1, 0.15) is 16.2 Å². The number of halogens is 1. The van der Waals surface area contributed by atoms with Crippen molar-refractivity contribution >= 4 is 17.9 Å². The first-order chi connectivity index (χ1) is 14.5.